The molecule has 1 aromatic carbocycles. The molecule has 1 aliphatic rings. The van der Waals surface area contributed by atoms with Crippen LogP contribution in [0.5, 0.6) is 0 Å². The lowest BCUT2D eigenvalue weighted by atomic mass is 10.2. The summed E-state index contributed by atoms with van der Waals surface area (Å²) in [4.78, 5) is 14.3. The van der Waals surface area contributed by atoms with Crippen molar-refractivity contribution in [3.8, 4) is 0 Å². The highest BCUT2D eigenvalue weighted by Gasteiger charge is 2.16. The number of aliphatic imine (C=N–C) groups is 1. The van der Waals surface area contributed by atoms with Crippen LogP contribution in [0.3, 0.4) is 0 Å². The Morgan fingerprint density at radius 1 is 0.938 bits per heavy atom. The van der Waals surface area contributed by atoms with Crippen molar-refractivity contribution in [2.45, 2.75) is 32.7 Å². The third-order valence-corrected chi connectivity index (χ3v) is 5.61. The van der Waals surface area contributed by atoms with Gasteiger partial charge < -0.3 is 15.5 Å². The van der Waals surface area contributed by atoms with Gasteiger partial charge in [-0.1, -0.05) is 36.4 Å². The molecule has 0 amide bonds. The highest BCUT2D eigenvalue weighted by molar-refractivity contribution is 14.0. The smallest absolute Gasteiger partial charge is 0.191 e. The number of rotatable bonds is 11. The third-order valence-electron chi connectivity index (χ3n) is 5.61. The van der Waals surface area contributed by atoms with Crippen LogP contribution in [0.15, 0.2) is 59.7 Å². The third kappa shape index (κ3) is 10.3. The highest BCUT2D eigenvalue weighted by Crippen LogP contribution is 2.09. The molecule has 1 aliphatic heterocycles. The second-order valence-corrected chi connectivity index (χ2v) is 8.07. The summed E-state index contributed by atoms with van der Waals surface area (Å²) < 4.78 is 0. The van der Waals surface area contributed by atoms with Crippen molar-refractivity contribution in [1.29, 1.82) is 0 Å². The summed E-state index contributed by atoms with van der Waals surface area (Å²) >= 11 is 0. The Morgan fingerprint density at radius 3 is 2.41 bits per heavy atom. The summed E-state index contributed by atoms with van der Waals surface area (Å²) in [6.45, 7) is 11.6. The van der Waals surface area contributed by atoms with E-state index in [2.05, 4.69) is 68.7 Å². The normalized spacial score (nSPS) is 15.2. The Morgan fingerprint density at radius 2 is 1.69 bits per heavy atom. The number of unbranched alkanes of at least 4 members (excludes halogenated alkanes) is 1. The SMILES string of the molecule is CCNC(=NCCCCN1CCN(Cc2ccccc2)CC1)NCCc1ccccn1.I. The van der Waals surface area contributed by atoms with Crippen LogP contribution in [0.25, 0.3) is 0 Å². The van der Waals surface area contributed by atoms with Crippen LogP contribution in [-0.2, 0) is 13.0 Å². The van der Waals surface area contributed by atoms with E-state index in [-0.39, 0.29) is 24.0 Å². The number of nitrogens with zero attached hydrogens (tertiary/aromatic N) is 4. The predicted molar refractivity (Wildman–Crippen MR) is 145 cm³/mol. The molecule has 2 aromatic rings. The maximum absolute atomic E-state index is 4.73. The van der Waals surface area contributed by atoms with Crippen LogP contribution in [-0.4, -0.2) is 73.1 Å². The summed E-state index contributed by atoms with van der Waals surface area (Å²) in [6.07, 6.45) is 5.08. The van der Waals surface area contributed by atoms with Gasteiger partial charge in [0, 0.05) is 70.7 Å². The van der Waals surface area contributed by atoms with E-state index in [1.165, 1.54) is 31.6 Å². The van der Waals surface area contributed by atoms with E-state index in [1.807, 2.05) is 18.3 Å². The molecule has 2 heterocycles. The van der Waals surface area contributed by atoms with Gasteiger partial charge in [0.1, 0.15) is 0 Å². The van der Waals surface area contributed by atoms with Gasteiger partial charge in [-0.05, 0) is 44.0 Å². The van der Waals surface area contributed by atoms with Gasteiger partial charge in [0.05, 0.1) is 0 Å². The van der Waals surface area contributed by atoms with Crippen molar-refractivity contribution in [1.82, 2.24) is 25.4 Å². The van der Waals surface area contributed by atoms with Crippen molar-refractivity contribution in [3.63, 3.8) is 0 Å². The second kappa shape index (κ2) is 16.0. The Bertz CT molecular complexity index is 748. The summed E-state index contributed by atoms with van der Waals surface area (Å²) in [5.41, 5.74) is 2.52. The van der Waals surface area contributed by atoms with Gasteiger partial charge in [0.2, 0.25) is 0 Å². The van der Waals surface area contributed by atoms with Gasteiger partial charge in [-0.2, -0.15) is 0 Å². The zero-order valence-corrected chi connectivity index (χ0v) is 21.7. The number of guanidine groups is 1. The topological polar surface area (TPSA) is 55.8 Å². The molecule has 0 radical (unpaired) electrons. The fourth-order valence-electron chi connectivity index (χ4n) is 3.85. The molecule has 1 aromatic heterocycles. The minimum absolute atomic E-state index is 0. The number of nitrogens with one attached hydrogen (secondary N) is 2. The molecule has 0 aliphatic carbocycles. The molecule has 0 saturated carbocycles. The van der Waals surface area contributed by atoms with Crippen LogP contribution >= 0.6 is 24.0 Å². The number of halogens is 1. The molecule has 0 atom stereocenters. The van der Waals surface area contributed by atoms with Crippen LogP contribution in [0.4, 0.5) is 0 Å². The quantitative estimate of drug-likeness (QED) is 0.195. The molecule has 7 heteroatoms. The maximum Gasteiger partial charge on any atom is 0.191 e. The molecule has 3 rings (SSSR count). The molecule has 0 bridgehead atoms. The summed E-state index contributed by atoms with van der Waals surface area (Å²) in [7, 11) is 0. The van der Waals surface area contributed by atoms with Crippen molar-refractivity contribution in [3.05, 3.63) is 66.0 Å². The molecule has 32 heavy (non-hydrogen) atoms. The fourth-order valence-corrected chi connectivity index (χ4v) is 3.85. The van der Waals surface area contributed by atoms with Gasteiger partial charge in [-0.25, -0.2) is 0 Å². The van der Waals surface area contributed by atoms with E-state index in [1.54, 1.807) is 0 Å². The molecule has 0 spiro atoms. The van der Waals surface area contributed by atoms with Crippen LogP contribution in [0.1, 0.15) is 31.0 Å². The van der Waals surface area contributed by atoms with Crippen molar-refractivity contribution in [2.75, 3.05) is 52.4 Å². The molecular formula is C25H39IN6. The molecule has 1 fully saturated rings. The van der Waals surface area contributed by atoms with Crippen molar-refractivity contribution < 1.29 is 0 Å². The number of pyridine rings is 1. The van der Waals surface area contributed by atoms with Gasteiger partial charge >= 0.3 is 0 Å². The number of piperazine rings is 1. The fraction of sp³-hybridized carbons (Fsp3) is 0.520. The van der Waals surface area contributed by atoms with Crippen molar-refractivity contribution >= 4 is 29.9 Å². The lowest BCUT2D eigenvalue weighted by molar-refractivity contribution is 0.126. The lowest BCUT2D eigenvalue weighted by Gasteiger charge is -2.34. The lowest BCUT2D eigenvalue weighted by Crippen LogP contribution is -2.46. The van der Waals surface area contributed by atoms with E-state index in [9.17, 15) is 0 Å². The molecule has 2 N–H and O–H groups in total. The number of aromatic nitrogens is 1. The Labute approximate surface area is 210 Å². The Kier molecular flexibility index (Phi) is 13.3. The average Bonchev–Trinajstić information content (AvgIpc) is 2.81. The Hall–Kier alpha value is -1.71. The van der Waals surface area contributed by atoms with E-state index in [0.717, 1.165) is 63.8 Å². The number of hydrogen-bond donors (Lipinski definition) is 2. The largest absolute Gasteiger partial charge is 0.357 e. The van der Waals surface area contributed by atoms with Gasteiger partial charge in [-0.15, -0.1) is 24.0 Å². The number of benzene rings is 1. The number of hydrogen-bond acceptors (Lipinski definition) is 4. The van der Waals surface area contributed by atoms with Crippen LogP contribution < -0.4 is 10.6 Å². The van der Waals surface area contributed by atoms with E-state index >= 15 is 0 Å². The highest BCUT2D eigenvalue weighted by atomic mass is 127. The standard InChI is InChI=1S/C25H38N6.HI/c1-2-26-25(29-16-13-24-12-6-7-14-27-24)28-15-8-9-17-30-18-20-31(21-19-30)22-23-10-4-3-5-11-23;/h3-7,10-12,14H,2,8-9,13,15-22H2,1H3,(H2,26,28,29);1H. The average molecular weight is 551 g/mol. The van der Waals surface area contributed by atoms with E-state index in [4.69, 9.17) is 4.99 Å². The van der Waals surface area contributed by atoms with Gasteiger partial charge in [0.25, 0.3) is 0 Å². The summed E-state index contributed by atoms with van der Waals surface area (Å²) in [5.74, 6) is 0.910. The van der Waals surface area contributed by atoms with Gasteiger partial charge in [-0.3, -0.25) is 14.9 Å². The zero-order chi connectivity index (χ0) is 21.6. The minimum atomic E-state index is 0. The molecule has 176 valence electrons. The monoisotopic (exact) mass is 550 g/mol. The van der Waals surface area contributed by atoms with E-state index < -0.39 is 0 Å². The molecule has 0 unspecified atom stereocenters. The first-order valence-corrected chi connectivity index (χ1v) is 11.7. The summed E-state index contributed by atoms with van der Waals surface area (Å²) in [6, 6.07) is 16.8. The van der Waals surface area contributed by atoms with Crippen LogP contribution in [0.2, 0.25) is 0 Å². The van der Waals surface area contributed by atoms with Crippen LogP contribution in [0, 0.1) is 0 Å². The predicted octanol–water partition coefficient (Wildman–Crippen LogP) is 3.40. The maximum atomic E-state index is 4.73. The second-order valence-electron chi connectivity index (χ2n) is 8.07. The molecule has 6 nitrogen and oxygen atoms in total. The molecule has 1 saturated heterocycles. The molecular weight excluding hydrogens is 511 g/mol. The first-order valence-electron chi connectivity index (χ1n) is 11.7. The first-order chi connectivity index (χ1) is 15.3. The summed E-state index contributed by atoms with van der Waals surface area (Å²) in [5, 5.41) is 6.75. The first kappa shape index (κ1) is 26.5. The van der Waals surface area contributed by atoms with Crippen molar-refractivity contribution in [2.24, 2.45) is 4.99 Å². The minimum Gasteiger partial charge on any atom is -0.357 e. The van der Waals surface area contributed by atoms with E-state index in [0.29, 0.717) is 0 Å². The Balaban J connectivity index is 0.00000363. The van der Waals surface area contributed by atoms with Gasteiger partial charge in [0.15, 0.2) is 5.96 Å². The zero-order valence-electron chi connectivity index (χ0n) is 19.4.